The summed E-state index contributed by atoms with van der Waals surface area (Å²) in [6.07, 6.45) is 2.27. The van der Waals surface area contributed by atoms with Crippen molar-refractivity contribution in [3.8, 4) is 0 Å². The Kier molecular flexibility index (Phi) is 2.83. The van der Waals surface area contributed by atoms with Crippen LogP contribution in [0, 0.1) is 0 Å². The zero-order chi connectivity index (χ0) is 7.40. The SMILES string of the molecule is CCCC1COC(C=O)O1. The molecule has 1 rings (SSSR count). The second kappa shape index (κ2) is 3.68. The predicted octanol–water partition coefficient (Wildman–Crippen LogP) is 0.727. The summed E-state index contributed by atoms with van der Waals surface area (Å²) in [6, 6.07) is 0. The molecule has 58 valence electrons. The van der Waals surface area contributed by atoms with E-state index >= 15 is 0 Å². The highest BCUT2D eigenvalue weighted by Gasteiger charge is 2.23. The second-order valence-corrected chi connectivity index (χ2v) is 2.38. The number of carbonyl (C=O) groups is 1. The predicted molar refractivity (Wildman–Crippen MR) is 35.6 cm³/mol. The van der Waals surface area contributed by atoms with Gasteiger partial charge in [0.25, 0.3) is 0 Å². The molecule has 3 nitrogen and oxygen atoms in total. The molecule has 1 aliphatic heterocycles. The molecule has 2 unspecified atom stereocenters. The van der Waals surface area contributed by atoms with Gasteiger partial charge in [-0.15, -0.1) is 0 Å². The molecule has 0 aromatic carbocycles. The van der Waals surface area contributed by atoms with Gasteiger partial charge in [0.1, 0.15) is 0 Å². The van der Waals surface area contributed by atoms with Crippen LogP contribution in [0.1, 0.15) is 19.8 Å². The van der Waals surface area contributed by atoms with Gasteiger partial charge in [0.15, 0.2) is 6.29 Å². The van der Waals surface area contributed by atoms with Crippen LogP contribution < -0.4 is 0 Å². The zero-order valence-corrected chi connectivity index (χ0v) is 6.08. The Bertz CT molecular complexity index is 113. The molecule has 1 fully saturated rings. The Hall–Kier alpha value is -0.410. The maximum absolute atomic E-state index is 10.1. The zero-order valence-electron chi connectivity index (χ0n) is 6.08. The topological polar surface area (TPSA) is 35.5 Å². The molecule has 0 aromatic rings. The van der Waals surface area contributed by atoms with Crippen LogP contribution in [-0.2, 0) is 14.3 Å². The van der Waals surface area contributed by atoms with Crippen molar-refractivity contribution in [2.75, 3.05) is 6.61 Å². The van der Waals surface area contributed by atoms with Crippen molar-refractivity contribution in [1.29, 1.82) is 0 Å². The van der Waals surface area contributed by atoms with Crippen molar-refractivity contribution in [2.45, 2.75) is 32.2 Å². The quantitative estimate of drug-likeness (QED) is 0.548. The van der Waals surface area contributed by atoms with E-state index in [-0.39, 0.29) is 6.10 Å². The van der Waals surface area contributed by atoms with Crippen LogP contribution in [0.25, 0.3) is 0 Å². The Morgan fingerprint density at radius 3 is 3.00 bits per heavy atom. The minimum absolute atomic E-state index is 0.139. The standard InChI is InChI=1S/C7H12O3/c1-2-3-6-5-9-7(4-8)10-6/h4,6-7H,2-3,5H2,1H3. The molecule has 1 aliphatic rings. The van der Waals surface area contributed by atoms with Crippen LogP contribution >= 0.6 is 0 Å². The smallest absolute Gasteiger partial charge is 0.215 e. The summed E-state index contributed by atoms with van der Waals surface area (Å²) in [5.41, 5.74) is 0. The fourth-order valence-corrected chi connectivity index (χ4v) is 1.02. The minimum atomic E-state index is -0.600. The van der Waals surface area contributed by atoms with Crippen LogP contribution in [0.5, 0.6) is 0 Å². The summed E-state index contributed by atoms with van der Waals surface area (Å²) in [4.78, 5) is 10.1. The molecule has 1 saturated heterocycles. The molecule has 0 saturated carbocycles. The highest BCUT2D eigenvalue weighted by Crippen LogP contribution is 2.13. The van der Waals surface area contributed by atoms with Crippen LogP contribution in [0.4, 0.5) is 0 Å². The monoisotopic (exact) mass is 144 g/mol. The third kappa shape index (κ3) is 1.78. The lowest BCUT2D eigenvalue weighted by Gasteiger charge is -2.04. The molecule has 0 radical (unpaired) electrons. The summed E-state index contributed by atoms with van der Waals surface area (Å²) in [5, 5.41) is 0. The summed E-state index contributed by atoms with van der Waals surface area (Å²) < 4.78 is 10.1. The lowest BCUT2D eigenvalue weighted by atomic mass is 10.2. The minimum Gasteiger partial charge on any atom is -0.343 e. The van der Waals surface area contributed by atoms with Gasteiger partial charge in [0, 0.05) is 0 Å². The second-order valence-electron chi connectivity index (χ2n) is 2.38. The summed E-state index contributed by atoms with van der Waals surface area (Å²) in [6.45, 7) is 2.65. The first kappa shape index (κ1) is 7.69. The van der Waals surface area contributed by atoms with E-state index in [0.717, 1.165) is 12.8 Å². The summed E-state index contributed by atoms with van der Waals surface area (Å²) >= 11 is 0. The Morgan fingerprint density at radius 1 is 1.70 bits per heavy atom. The van der Waals surface area contributed by atoms with Crippen LogP contribution in [0.15, 0.2) is 0 Å². The van der Waals surface area contributed by atoms with Crippen molar-refractivity contribution in [3.63, 3.8) is 0 Å². The van der Waals surface area contributed by atoms with Gasteiger partial charge in [0.05, 0.1) is 12.7 Å². The highest BCUT2D eigenvalue weighted by molar-refractivity contribution is 5.54. The first-order valence-corrected chi connectivity index (χ1v) is 3.59. The fraction of sp³-hybridized carbons (Fsp3) is 0.857. The van der Waals surface area contributed by atoms with Gasteiger partial charge in [-0.25, -0.2) is 0 Å². The van der Waals surface area contributed by atoms with E-state index in [9.17, 15) is 4.79 Å². The first-order valence-electron chi connectivity index (χ1n) is 3.59. The van der Waals surface area contributed by atoms with Gasteiger partial charge in [-0.3, -0.25) is 4.79 Å². The number of hydrogen-bond acceptors (Lipinski definition) is 3. The van der Waals surface area contributed by atoms with E-state index in [1.807, 2.05) is 0 Å². The third-order valence-electron chi connectivity index (χ3n) is 1.49. The van der Waals surface area contributed by atoms with Crippen molar-refractivity contribution in [3.05, 3.63) is 0 Å². The van der Waals surface area contributed by atoms with Crippen molar-refractivity contribution >= 4 is 6.29 Å². The first-order chi connectivity index (χ1) is 4.86. The van der Waals surface area contributed by atoms with Crippen LogP contribution in [-0.4, -0.2) is 25.3 Å². The molecular weight excluding hydrogens is 132 g/mol. The molecule has 0 bridgehead atoms. The number of ether oxygens (including phenoxy) is 2. The molecular formula is C7H12O3. The number of carbonyl (C=O) groups excluding carboxylic acids is 1. The lowest BCUT2D eigenvalue weighted by molar-refractivity contribution is -0.133. The van der Waals surface area contributed by atoms with E-state index in [1.54, 1.807) is 0 Å². The molecule has 0 spiro atoms. The van der Waals surface area contributed by atoms with Crippen molar-refractivity contribution in [2.24, 2.45) is 0 Å². The average Bonchev–Trinajstić information content (AvgIpc) is 2.37. The number of aldehydes is 1. The van der Waals surface area contributed by atoms with E-state index in [2.05, 4.69) is 6.92 Å². The average molecular weight is 144 g/mol. The Balaban J connectivity index is 2.21. The Morgan fingerprint density at radius 2 is 2.50 bits per heavy atom. The van der Waals surface area contributed by atoms with Crippen LogP contribution in [0.2, 0.25) is 0 Å². The molecule has 0 aromatic heterocycles. The van der Waals surface area contributed by atoms with Gasteiger partial charge >= 0.3 is 0 Å². The molecule has 0 aliphatic carbocycles. The molecule has 2 atom stereocenters. The molecule has 1 heterocycles. The molecule has 0 amide bonds. The summed E-state index contributed by atoms with van der Waals surface area (Å²) in [5.74, 6) is 0. The molecule has 3 heteroatoms. The van der Waals surface area contributed by atoms with Crippen LogP contribution in [0.3, 0.4) is 0 Å². The third-order valence-corrected chi connectivity index (χ3v) is 1.49. The van der Waals surface area contributed by atoms with Gasteiger partial charge in [-0.1, -0.05) is 13.3 Å². The number of hydrogen-bond donors (Lipinski definition) is 0. The maximum atomic E-state index is 10.1. The molecule has 0 N–H and O–H groups in total. The summed E-state index contributed by atoms with van der Waals surface area (Å²) in [7, 11) is 0. The highest BCUT2D eigenvalue weighted by atomic mass is 16.7. The largest absolute Gasteiger partial charge is 0.343 e. The van der Waals surface area contributed by atoms with Crippen molar-refractivity contribution < 1.29 is 14.3 Å². The van der Waals surface area contributed by atoms with Gasteiger partial charge < -0.3 is 9.47 Å². The fourth-order valence-electron chi connectivity index (χ4n) is 1.02. The van der Waals surface area contributed by atoms with Gasteiger partial charge in [0.2, 0.25) is 6.29 Å². The van der Waals surface area contributed by atoms with E-state index in [0.29, 0.717) is 12.9 Å². The van der Waals surface area contributed by atoms with Gasteiger partial charge in [-0.05, 0) is 6.42 Å². The maximum Gasteiger partial charge on any atom is 0.215 e. The lowest BCUT2D eigenvalue weighted by Crippen LogP contribution is -2.12. The van der Waals surface area contributed by atoms with Gasteiger partial charge in [-0.2, -0.15) is 0 Å². The Labute approximate surface area is 60.3 Å². The molecule has 10 heavy (non-hydrogen) atoms. The van der Waals surface area contributed by atoms with E-state index in [1.165, 1.54) is 0 Å². The normalized spacial score (nSPS) is 32.5. The van der Waals surface area contributed by atoms with E-state index < -0.39 is 6.29 Å². The van der Waals surface area contributed by atoms with E-state index in [4.69, 9.17) is 9.47 Å². The number of rotatable bonds is 3. The van der Waals surface area contributed by atoms with Crippen molar-refractivity contribution in [1.82, 2.24) is 0 Å².